The Hall–Kier alpha value is -2.69. The summed E-state index contributed by atoms with van der Waals surface area (Å²) in [4.78, 5) is 45.2. The fourth-order valence-corrected chi connectivity index (χ4v) is 5.83. The molecule has 4 rings (SSSR count). The Bertz CT molecular complexity index is 1190. The van der Waals surface area contributed by atoms with Crippen molar-refractivity contribution < 1.29 is 14.3 Å². The maximum absolute atomic E-state index is 13.3. The lowest BCUT2D eigenvalue weighted by Gasteiger charge is -2.26. The Morgan fingerprint density at radius 2 is 1.82 bits per heavy atom. The number of carbonyl (C=O) groups excluding carboxylic acids is 2. The van der Waals surface area contributed by atoms with Crippen LogP contribution in [0, 0.1) is 0 Å². The predicted octanol–water partition coefficient (Wildman–Crippen LogP) is 3.11. The molecule has 10 heteroatoms. The molecule has 0 atom stereocenters. The van der Waals surface area contributed by atoms with Gasteiger partial charge < -0.3 is 15.4 Å². The predicted molar refractivity (Wildman–Crippen MR) is 155 cm³/mol. The van der Waals surface area contributed by atoms with Gasteiger partial charge in [-0.15, -0.1) is 0 Å². The standard InChI is InChI=1S/C29H41N5O4S/c35-26(30-14-7-16-33-18-20-38-21-19-33)12-6-17-34-28(37)24-10-4-5-11-25(24)32-29(34)39-22-27(36)31-15-13-23-8-2-1-3-9-23/h4-5,8,10-11H,1-3,6-7,9,12-22H2,(H,30,35)(H,31,36). The minimum Gasteiger partial charge on any atom is -0.379 e. The van der Waals surface area contributed by atoms with Crippen molar-refractivity contribution in [3.05, 3.63) is 46.3 Å². The van der Waals surface area contributed by atoms with Crippen molar-refractivity contribution in [2.45, 2.75) is 63.1 Å². The Kier molecular flexibility index (Phi) is 11.9. The van der Waals surface area contributed by atoms with Crippen molar-refractivity contribution in [2.75, 3.05) is 51.7 Å². The zero-order valence-corrected chi connectivity index (χ0v) is 23.6. The van der Waals surface area contributed by atoms with Crippen molar-refractivity contribution in [3.63, 3.8) is 0 Å². The van der Waals surface area contributed by atoms with Crippen LogP contribution in [0.1, 0.15) is 51.4 Å². The molecule has 2 aromatic rings. The third-order valence-electron chi connectivity index (χ3n) is 7.17. The van der Waals surface area contributed by atoms with E-state index >= 15 is 0 Å². The van der Waals surface area contributed by atoms with Crippen molar-refractivity contribution in [1.29, 1.82) is 0 Å². The van der Waals surface area contributed by atoms with Crippen molar-refractivity contribution in [3.8, 4) is 0 Å². The number of fused-ring (bicyclic) bond motifs is 1. The van der Waals surface area contributed by atoms with E-state index in [2.05, 4.69) is 26.6 Å². The molecular formula is C29H41N5O4S. The van der Waals surface area contributed by atoms with Gasteiger partial charge in [0.1, 0.15) is 0 Å². The van der Waals surface area contributed by atoms with E-state index < -0.39 is 0 Å². The van der Waals surface area contributed by atoms with E-state index in [0.29, 0.717) is 48.5 Å². The largest absolute Gasteiger partial charge is 0.379 e. The zero-order valence-electron chi connectivity index (χ0n) is 22.8. The first-order valence-corrected chi connectivity index (χ1v) is 15.2. The lowest BCUT2D eigenvalue weighted by molar-refractivity contribution is -0.121. The summed E-state index contributed by atoms with van der Waals surface area (Å²) in [5, 5.41) is 7.04. The van der Waals surface area contributed by atoms with Gasteiger partial charge in [-0.3, -0.25) is 23.9 Å². The number of thioether (sulfide) groups is 1. The molecule has 0 bridgehead atoms. The van der Waals surface area contributed by atoms with Crippen LogP contribution in [0.3, 0.4) is 0 Å². The molecule has 1 aromatic carbocycles. The number of para-hydroxylation sites is 1. The molecule has 2 amide bonds. The number of benzene rings is 1. The van der Waals surface area contributed by atoms with Gasteiger partial charge in [-0.05, 0) is 63.6 Å². The van der Waals surface area contributed by atoms with E-state index in [4.69, 9.17) is 4.74 Å². The third kappa shape index (κ3) is 9.47. The van der Waals surface area contributed by atoms with Crippen molar-refractivity contribution in [2.24, 2.45) is 0 Å². The van der Waals surface area contributed by atoms with Crippen LogP contribution in [0.15, 0.2) is 45.9 Å². The van der Waals surface area contributed by atoms with Gasteiger partial charge >= 0.3 is 0 Å². The number of hydrogen-bond donors (Lipinski definition) is 2. The van der Waals surface area contributed by atoms with Crippen LogP contribution in [-0.4, -0.2) is 78.0 Å². The number of amides is 2. The summed E-state index contributed by atoms with van der Waals surface area (Å²) in [6.45, 7) is 6.04. The SMILES string of the molecule is O=C(CCCn1c(SCC(=O)NCCC2=CCCCC2)nc2ccccc2c1=O)NCCCN1CCOCC1. The average molecular weight is 556 g/mol. The third-order valence-corrected chi connectivity index (χ3v) is 8.15. The summed E-state index contributed by atoms with van der Waals surface area (Å²) in [5.41, 5.74) is 1.91. The first-order valence-electron chi connectivity index (χ1n) is 14.2. The Balaban J connectivity index is 1.26. The fraction of sp³-hybridized carbons (Fsp3) is 0.586. The van der Waals surface area contributed by atoms with Crippen LogP contribution in [0.2, 0.25) is 0 Å². The van der Waals surface area contributed by atoms with E-state index in [1.165, 1.54) is 30.2 Å². The summed E-state index contributed by atoms with van der Waals surface area (Å²) >= 11 is 1.27. The van der Waals surface area contributed by atoms with E-state index in [1.807, 2.05) is 18.2 Å². The van der Waals surface area contributed by atoms with E-state index in [1.54, 1.807) is 10.6 Å². The smallest absolute Gasteiger partial charge is 0.262 e. The van der Waals surface area contributed by atoms with E-state index in [-0.39, 0.29) is 23.1 Å². The molecule has 9 nitrogen and oxygen atoms in total. The van der Waals surface area contributed by atoms with Gasteiger partial charge in [-0.2, -0.15) is 0 Å². The van der Waals surface area contributed by atoms with Crippen LogP contribution in [-0.2, 0) is 20.9 Å². The molecule has 1 saturated heterocycles. The molecular weight excluding hydrogens is 514 g/mol. The van der Waals surface area contributed by atoms with Gasteiger partial charge in [0.15, 0.2) is 5.16 Å². The van der Waals surface area contributed by atoms with Crippen LogP contribution < -0.4 is 16.2 Å². The maximum atomic E-state index is 13.3. The van der Waals surface area contributed by atoms with Crippen LogP contribution in [0.25, 0.3) is 10.9 Å². The number of hydrogen-bond acceptors (Lipinski definition) is 7. The number of allylic oxidation sites excluding steroid dienone is 1. The van der Waals surface area contributed by atoms with Crippen LogP contribution in [0.4, 0.5) is 0 Å². The number of nitrogens with one attached hydrogen (secondary N) is 2. The average Bonchev–Trinajstić information content (AvgIpc) is 2.97. The second-order valence-electron chi connectivity index (χ2n) is 10.1. The summed E-state index contributed by atoms with van der Waals surface area (Å²) in [5.74, 6) is 0.107. The Labute approximate surface area is 234 Å². The number of morpholine rings is 1. The molecule has 0 spiro atoms. The minimum atomic E-state index is -0.140. The Morgan fingerprint density at radius 1 is 1.00 bits per heavy atom. The molecule has 1 fully saturated rings. The molecule has 1 aliphatic heterocycles. The first-order chi connectivity index (χ1) is 19.1. The molecule has 1 aliphatic carbocycles. The Morgan fingerprint density at radius 3 is 2.64 bits per heavy atom. The normalized spacial score (nSPS) is 16.2. The van der Waals surface area contributed by atoms with Gasteiger partial charge in [-0.1, -0.05) is 35.5 Å². The lowest BCUT2D eigenvalue weighted by Crippen LogP contribution is -2.38. The number of aromatic nitrogens is 2. The highest BCUT2D eigenvalue weighted by Crippen LogP contribution is 2.20. The van der Waals surface area contributed by atoms with Crippen molar-refractivity contribution in [1.82, 2.24) is 25.1 Å². The highest BCUT2D eigenvalue weighted by molar-refractivity contribution is 7.99. The fourth-order valence-electron chi connectivity index (χ4n) is 4.97. The number of carbonyl (C=O) groups is 2. The second-order valence-corrected chi connectivity index (χ2v) is 11.1. The lowest BCUT2D eigenvalue weighted by atomic mass is 9.97. The number of nitrogens with zero attached hydrogens (tertiary/aromatic N) is 3. The highest BCUT2D eigenvalue weighted by Gasteiger charge is 2.14. The quantitative estimate of drug-likeness (QED) is 0.160. The molecule has 0 unspecified atom stereocenters. The van der Waals surface area contributed by atoms with E-state index in [0.717, 1.165) is 58.5 Å². The van der Waals surface area contributed by atoms with Gasteiger partial charge in [0.2, 0.25) is 11.8 Å². The molecule has 212 valence electrons. The van der Waals surface area contributed by atoms with Gasteiger partial charge in [-0.25, -0.2) is 4.98 Å². The minimum absolute atomic E-state index is 0.0135. The second kappa shape index (κ2) is 15.8. The molecule has 2 aliphatic rings. The van der Waals surface area contributed by atoms with E-state index in [9.17, 15) is 14.4 Å². The number of rotatable bonds is 14. The molecule has 39 heavy (non-hydrogen) atoms. The first kappa shape index (κ1) is 29.3. The van der Waals surface area contributed by atoms with Crippen LogP contribution >= 0.6 is 11.8 Å². The molecule has 0 radical (unpaired) electrons. The van der Waals surface area contributed by atoms with Gasteiger partial charge in [0, 0.05) is 39.1 Å². The molecule has 2 N–H and O–H groups in total. The summed E-state index contributed by atoms with van der Waals surface area (Å²) in [7, 11) is 0. The zero-order chi connectivity index (χ0) is 27.3. The van der Waals surface area contributed by atoms with Gasteiger partial charge in [0.05, 0.1) is 29.9 Å². The molecule has 2 heterocycles. The highest BCUT2D eigenvalue weighted by atomic mass is 32.2. The number of ether oxygens (including phenoxy) is 1. The maximum Gasteiger partial charge on any atom is 0.262 e. The summed E-state index contributed by atoms with van der Waals surface area (Å²) in [6, 6.07) is 7.25. The van der Waals surface area contributed by atoms with Gasteiger partial charge in [0.25, 0.3) is 5.56 Å². The topological polar surface area (TPSA) is 106 Å². The summed E-state index contributed by atoms with van der Waals surface area (Å²) in [6.07, 6.45) is 9.70. The summed E-state index contributed by atoms with van der Waals surface area (Å²) < 4.78 is 6.98. The van der Waals surface area contributed by atoms with Crippen molar-refractivity contribution >= 4 is 34.5 Å². The molecule has 1 aromatic heterocycles. The molecule has 0 saturated carbocycles. The monoisotopic (exact) mass is 555 g/mol. The van der Waals surface area contributed by atoms with Crippen LogP contribution in [0.5, 0.6) is 0 Å².